The molecule has 4 heteroatoms. The number of hydrogen-bond donors (Lipinski definition) is 0. The molecule has 0 aliphatic carbocycles. The van der Waals surface area contributed by atoms with Crippen LogP contribution in [0.5, 0.6) is 0 Å². The average molecular weight is 260 g/mol. The number of benzene rings is 1. The topological polar surface area (TPSA) is 33.2 Å². The number of carbonyl (C=O) groups excluding carboxylic acids is 1. The van der Waals surface area contributed by atoms with Gasteiger partial charge in [-0.15, -0.1) is 11.3 Å². The highest BCUT2D eigenvalue weighted by Gasteiger charge is 2.18. The van der Waals surface area contributed by atoms with Crippen molar-refractivity contribution >= 4 is 22.9 Å². The molecule has 0 bridgehead atoms. The summed E-state index contributed by atoms with van der Waals surface area (Å²) in [6.45, 7) is 4.68. The number of carbonyl (C=O) groups is 1. The minimum Gasteiger partial charge on any atom is -0.308 e. The van der Waals surface area contributed by atoms with Gasteiger partial charge in [-0.25, -0.2) is 4.98 Å². The van der Waals surface area contributed by atoms with E-state index in [1.807, 2.05) is 44.2 Å². The first-order chi connectivity index (χ1) is 8.76. The number of nitrogens with zero attached hydrogens (tertiary/aromatic N) is 2. The third kappa shape index (κ3) is 2.59. The minimum atomic E-state index is 0.0286. The maximum absolute atomic E-state index is 12.4. The molecule has 1 aromatic heterocycles. The fourth-order valence-corrected chi connectivity index (χ4v) is 2.56. The highest BCUT2D eigenvalue weighted by Crippen LogP contribution is 2.20. The van der Waals surface area contributed by atoms with Crippen molar-refractivity contribution in [3.8, 4) is 0 Å². The summed E-state index contributed by atoms with van der Waals surface area (Å²) in [5.41, 5.74) is 0.927. The van der Waals surface area contributed by atoms with E-state index in [4.69, 9.17) is 0 Å². The van der Waals surface area contributed by atoms with E-state index in [1.165, 1.54) is 11.3 Å². The van der Waals surface area contributed by atoms with E-state index in [2.05, 4.69) is 4.98 Å². The van der Waals surface area contributed by atoms with E-state index < -0.39 is 0 Å². The van der Waals surface area contributed by atoms with Gasteiger partial charge in [-0.1, -0.05) is 25.1 Å². The number of thiazole rings is 1. The number of aromatic nitrogens is 1. The molecule has 18 heavy (non-hydrogen) atoms. The Hall–Kier alpha value is -1.68. The fourth-order valence-electron chi connectivity index (χ4n) is 1.76. The average Bonchev–Trinajstić information content (AvgIpc) is 2.89. The van der Waals surface area contributed by atoms with Gasteiger partial charge in [0.2, 0.25) is 0 Å². The molecule has 0 saturated heterocycles. The van der Waals surface area contributed by atoms with Crippen molar-refractivity contribution in [1.82, 2.24) is 4.98 Å². The summed E-state index contributed by atoms with van der Waals surface area (Å²) in [5, 5.41) is 1.00. The van der Waals surface area contributed by atoms with E-state index in [0.717, 1.165) is 17.1 Å². The Morgan fingerprint density at radius 3 is 2.56 bits per heavy atom. The van der Waals surface area contributed by atoms with Crippen LogP contribution in [0.15, 0.2) is 36.5 Å². The van der Waals surface area contributed by atoms with Gasteiger partial charge in [0.1, 0.15) is 4.88 Å². The summed E-state index contributed by atoms with van der Waals surface area (Å²) in [7, 11) is 0. The van der Waals surface area contributed by atoms with E-state index in [9.17, 15) is 4.79 Å². The molecule has 1 amide bonds. The highest BCUT2D eigenvalue weighted by molar-refractivity contribution is 7.13. The second-order valence-electron chi connectivity index (χ2n) is 3.86. The zero-order valence-electron chi connectivity index (χ0n) is 10.6. The standard InChI is InChI=1S/C14H16N2OS/c1-3-13-15-10-12(18-13)14(17)16(4-2)11-8-6-5-7-9-11/h5-10H,3-4H2,1-2H3. The van der Waals surface area contributed by atoms with Crippen LogP contribution in [-0.2, 0) is 6.42 Å². The zero-order chi connectivity index (χ0) is 13.0. The molecular formula is C14H16N2OS. The van der Waals surface area contributed by atoms with Crippen LogP contribution in [0.3, 0.4) is 0 Å². The lowest BCUT2D eigenvalue weighted by atomic mass is 10.3. The molecule has 1 aromatic carbocycles. The van der Waals surface area contributed by atoms with Gasteiger partial charge in [0, 0.05) is 12.2 Å². The van der Waals surface area contributed by atoms with Crippen LogP contribution < -0.4 is 4.90 Å². The molecule has 0 fully saturated rings. The molecule has 0 N–H and O–H groups in total. The van der Waals surface area contributed by atoms with E-state index >= 15 is 0 Å². The summed E-state index contributed by atoms with van der Waals surface area (Å²) >= 11 is 1.48. The Morgan fingerprint density at radius 2 is 2.00 bits per heavy atom. The molecule has 2 rings (SSSR count). The summed E-state index contributed by atoms with van der Waals surface area (Å²) < 4.78 is 0. The van der Waals surface area contributed by atoms with Crippen LogP contribution in [0.2, 0.25) is 0 Å². The SMILES string of the molecule is CCc1ncc(C(=O)N(CC)c2ccccc2)s1. The largest absolute Gasteiger partial charge is 0.308 e. The lowest BCUT2D eigenvalue weighted by Gasteiger charge is -2.19. The molecule has 0 radical (unpaired) electrons. The molecule has 1 heterocycles. The van der Waals surface area contributed by atoms with Gasteiger partial charge < -0.3 is 4.90 Å². The van der Waals surface area contributed by atoms with Gasteiger partial charge in [-0.2, -0.15) is 0 Å². The van der Waals surface area contributed by atoms with Crippen LogP contribution in [0, 0.1) is 0 Å². The predicted octanol–water partition coefficient (Wildman–Crippen LogP) is 3.37. The Kier molecular flexibility index (Phi) is 4.10. The van der Waals surface area contributed by atoms with Crippen molar-refractivity contribution in [1.29, 1.82) is 0 Å². The van der Waals surface area contributed by atoms with Gasteiger partial charge in [0.15, 0.2) is 0 Å². The van der Waals surface area contributed by atoms with Crippen molar-refractivity contribution in [3.63, 3.8) is 0 Å². The Balaban J connectivity index is 2.25. The van der Waals surface area contributed by atoms with Crippen molar-refractivity contribution in [2.24, 2.45) is 0 Å². The fraction of sp³-hybridized carbons (Fsp3) is 0.286. The van der Waals surface area contributed by atoms with Crippen LogP contribution in [0.25, 0.3) is 0 Å². The van der Waals surface area contributed by atoms with Gasteiger partial charge in [0.25, 0.3) is 5.91 Å². The van der Waals surface area contributed by atoms with Crippen molar-refractivity contribution in [2.45, 2.75) is 20.3 Å². The molecular weight excluding hydrogens is 244 g/mol. The lowest BCUT2D eigenvalue weighted by molar-refractivity contribution is 0.0992. The smallest absolute Gasteiger partial charge is 0.269 e. The first-order valence-corrected chi connectivity index (χ1v) is 6.89. The zero-order valence-corrected chi connectivity index (χ0v) is 11.4. The first kappa shape index (κ1) is 12.8. The number of hydrogen-bond acceptors (Lipinski definition) is 3. The molecule has 94 valence electrons. The molecule has 0 aliphatic rings. The molecule has 2 aromatic rings. The van der Waals surface area contributed by atoms with Gasteiger partial charge in [0.05, 0.1) is 11.2 Å². The van der Waals surface area contributed by atoms with Crippen LogP contribution >= 0.6 is 11.3 Å². The van der Waals surface area contributed by atoms with Crippen molar-refractivity contribution < 1.29 is 4.79 Å². The highest BCUT2D eigenvalue weighted by atomic mass is 32.1. The second-order valence-corrected chi connectivity index (χ2v) is 4.97. The summed E-state index contributed by atoms with van der Waals surface area (Å²) in [4.78, 5) is 19.1. The monoisotopic (exact) mass is 260 g/mol. The van der Waals surface area contributed by atoms with Crippen LogP contribution in [0.4, 0.5) is 5.69 Å². The number of aryl methyl sites for hydroxylation is 1. The maximum atomic E-state index is 12.4. The van der Waals surface area contributed by atoms with E-state index in [-0.39, 0.29) is 5.91 Å². The molecule has 0 unspecified atom stereocenters. The second kappa shape index (κ2) is 5.78. The number of anilines is 1. The van der Waals surface area contributed by atoms with Crippen molar-refractivity contribution in [3.05, 3.63) is 46.4 Å². The molecule has 0 saturated carbocycles. The number of para-hydroxylation sites is 1. The third-order valence-electron chi connectivity index (χ3n) is 2.70. The summed E-state index contributed by atoms with van der Waals surface area (Å²) in [6.07, 6.45) is 2.55. The normalized spacial score (nSPS) is 10.3. The number of rotatable bonds is 4. The van der Waals surface area contributed by atoms with E-state index in [0.29, 0.717) is 11.4 Å². The lowest BCUT2D eigenvalue weighted by Crippen LogP contribution is -2.29. The van der Waals surface area contributed by atoms with E-state index in [1.54, 1.807) is 11.1 Å². The van der Waals surface area contributed by atoms with Gasteiger partial charge >= 0.3 is 0 Å². The van der Waals surface area contributed by atoms with Crippen LogP contribution in [0.1, 0.15) is 28.5 Å². The Morgan fingerprint density at radius 1 is 1.28 bits per heavy atom. The van der Waals surface area contributed by atoms with Crippen molar-refractivity contribution in [2.75, 3.05) is 11.4 Å². The molecule has 3 nitrogen and oxygen atoms in total. The van der Waals surface area contributed by atoms with Gasteiger partial charge in [-0.3, -0.25) is 4.79 Å². The summed E-state index contributed by atoms with van der Waals surface area (Å²) in [6, 6.07) is 9.72. The van der Waals surface area contributed by atoms with Crippen LogP contribution in [-0.4, -0.2) is 17.4 Å². The minimum absolute atomic E-state index is 0.0286. The maximum Gasteiger partial charge on any atom is 0.269 e. The molecule has 0 atom stereocenters. The number of amides is 1. The third-order valence-corrected chi connectivity index (χ3v) is 3.83. The Labute approximate surface area is 111 Å². The quantitative estimate of drug-likeness (QED) is 0.844. The molecule has 0 aliphatic heterocycles. The summed E-state index contributed by atoms with van der Waals surface area (Å²) in [5.74, 6) is 0.0286. The predicted molar refractivity (Wildman–Crippen MR) is 75.3 cm³/mol. The van der Waals surface area contributed by atoms with Gasteiger partial charge in [-0.05, 0) is 25.5 Å². The molecule has 0 spiro atoms. The Bertz CT molecular complexity index is 522. The first-order valence-electron chi connectivity index (χ1n) is 6.07.